The van der Waals surface area contributed by atoms with Crippen molar-refractivity contribution in [3.8, 4) is 11.3 Å². The minimum Gasteiger partial charge on any atom is -0.308 e. The Bertz CT molecular complexity index is 1260. The Morgan fingerprint density at radius 3 is 2.46 bits per heavy atom. The van der Waals surface area contributed by atoms with Gasteiger partial charge in [0.25, 0.3) is 0 Å². The zero-order chi connectivity index (χ0) is 17.7. The SMILES string of the molecule is CCc1ccc(-c2cc3ncccc3c3c(C)c4ccccc4n23)cc1. The lowest BCUT2D eigenvalue weighted by atomic mass is 10.0. The van der Waals surface area contributed by atoms with Crippen LogP contribution in [0.4, 0.5) is 0 Å². The quantitative estimate of drug-likeness (QED) is 0.376. The van der Waals surface area contributed by atoms with Gasteiger partial charge in [0.1, 0.15) is 0 Å². The van der Waals surface area contributed by atoms with E-state index < -0.39 is 0 Å². The molecule has 0 atom stereocenters. The van der Waals surface area contributed by atoms with Crippen molar-refractivity contribution in [2.45, 2.75) is 20.3 Å². The van der Waals surface area contributed by atoms with Crippen LogP contribution >= 0.6 is 0 Å². The molecular weight excluding hydrogens is 316 g/mol. The number of nitrogens with zero attached hydrogens (tertiary/aromatic N) is 2. The zero-order valence-corrected chi connectivity index (χ0v) is 15.0. The fourth-order valence-electron chi connectivity index (χ4n) is 4.02. The molecule has 0 saturated heterocycles. The van der Waals surface area contributed by atoms with E-state index >= 15 is 0 Å². The van der Waals surface area contributed by atoms with E-state index in [0.717, 1.165) is 11.9 Å². The maximum Gasteiger partial charge on any atom is 0.0744 e. The Balaban J connectivity index is 1.99. The van der Waals surface area contributed by atoms with Gasteiger partial charge >= 0.3 is 0 Å². The van der Waals surface area contributed by atoms with Crippen molar-refractivity contribution in [3.05, 3.63) is 84.1 Å². The molecule has 126 valence electrons. The third-order valence-corrected chi connectivity index (χ3v) is 5.39. The molecule has 0 fully saturated rings. The van der Waals surface area contributed by atoms with E-state index in [2.05, 4.69) is 83.9 Å². The fraction of sp³-hybridized carbons (Fsp3) is 0.125. The molecule has 0 aliphatic heterocycles. The van der Waals surface area contributed by atoms with Gasteiger partial charge in [-0.1, -0.05) is 49.4 Å². The molecule has 0 radical (unpaired) electrons. The predicted octanol–water partition coefficient (Wildman–Crippen LogP) is 6.18. The van der Waals surface area contributed by atoms with Crippen molar-refractivity contribution < 1.29 is 0 Å². The van der Waals surface area contributed by atoms with Gasteiger partial charge in [-0.2, -0.15) is 0 Å². The highest BCUT2D eigenvalue weighted by molar-refractivity contribution is 6.06. The van der Waals surface area contributed by atoms with Crippen molar-refractivity contribution in [2.24, 2.45) is 0 Å². The Labute approximate surface area is 152 Å². The van der Waals surface area contributed by atoms with Gasteiger partial charge in [0.2, 0.25) is 0 Å². The predicted molar refractivity (Wildman–Crippen MR) is 110 cm³/mol. The molecule has 0 aliphatic carbocycles. The molecule has 5 rings (SSSR count). The van der Waals surface area contributed by atoms with Gasteiger partial charge < -0.3 is 4.40 Å². The number of benzene rings is 2. The van der Waals surface area contributed by atoms with Crippen LogP contribution in [0.2, 0.25) is 0 Å². The van der Waals surface area contributed by atoms with Crippen molar-refractivity contribution >= 4 is 27.3 Å². The molecule has 0 aliphatic rings. The van der Waals surface area contributed by atoms with Crippen LogP contribution in [0.25, 0.3) is 38.6 Å². The summed E-state index contributed by atoms with van der Waals surface area (Å²) in [7, 11) is 0. The summed E-state index contributed by atoms with van der Waals surface area (Å²) in [5, 5.41) is 2.51. The Morgan fingerprint density at radius 1 is 0.885 bits per heavy atom. The Kier molecular flexibility index (Phi) is 3.32. The van der Waals surface area contributed by atoms with E-state index in [-0.39, 0.29) is 0 Å². The first-order valence-corrected chi connectivity index (χ1v) is 9.14. The topological polar surface area (TPSA) is 17.3 Å². The minimum atomic E-state index is 1.04. The maximum atomic E-state index is 4.65. The Morgan fingerprint density at radius 2 is 1.65 bits per heavy atom. The van der Waals surface area contributed by atoms with E-state index in [0.29, 0.717) is 0 Å². The molecule has 0 spiro atoms. The van der Waals surface area contributed by atoms with Crippen LogP contribution in [0, 0.1) is 6.92 Å². The van der Waals surface area contributed by atoms with Gasteiger partial charge in [0.05, 0.1) is 22.2 Å². The smallest absolute Gasteiger partial charge is 0.0744 e. The molecule has 2 aromatic carbocycles. The molecule has 5 aromatic rings. The molecule has 0 amide bonds. The maximum absolute atomic E-state index is 4.65. The molecule has 2 nitrogen and oxygen atoms in total. The Hall–Kier alpha value is -3.13. The van der Waals surface area contributed by atoms with Gasteiger partial charge in [-0.3, -0.25) is 4.98 Å². The molecule has 0 bridgehead atoms. The van der Waals surface area contributed by atoms with Crippen LogP contribution in [-0.4, -0.2) is 9.38 Å². The molecular formula is C24H20N2. The summed E-state index contributed by atoms with van der Waals surface area (Å²) >= 11 is 0. The minimum absolute atomic E-state index is 1.04. The van der Waals surface area contributed by atoms with E-state index in [1.165, 1.54) is 44.2 Å². The van der Waals surface area contributed by atoms with E-state index in [4.69, 9.17) is 0 Å². The van der Waals surface area contributed by atoms with E-state index in [1.807, 2.05) is 12.3 Å². The van der Waals surface area contributed by atoms with Crippen molar-refractivity contribution in [3.63, 3.8) is 0 Å². The lowest BCUT2D eigenvalue weighted by Gasteiger charge is -2.12. The largest absolute Gasteiger partial charge is 0.308 e. The highest BCUT2D eigenvalue weighted by atomic mass is 14.9. The number of hydrogen-bond acceptors (Lipinski definition) is 1. The number of hydrogen-bond donors (Lipinski definition) is 0. The van der Waals surface area contributed by atoms with Crippen LogP contribution < -0.4 is 0 Å². The third-order valence-electron chi connectivity index (χ3n) is 5.39. The van der Waals surface area contributed by atoms with Crippen molar-refractivity contribution in [1.82, 2.24) is 9.38 Å². The summed E-state index contributed by atoms with van der Waals surface area (Å²) in [6, 6.07) is 24.0. The first-order valence-electron chi connectivity index (χ1n) is 9.14. The second kappa shape index (κ2) is 5.70. The van der Waals surface area contributed by atoms with E-state index in [9.17, 15) is 0 Å². The summed E-state index contributed by atoms with van der Waals surface area (Å²) in [4.78, 5) is 4.65. The summed E-state index contributed by atoms with van der Waals surface area (Å²) in [5.74, 6) is 0. The number of rotatable bonds is 2. The molecule has 26 heavy (non-hydrogen) atoms. The molecule has 2 heteroatoms. The number of aromatic nitrogens is 2. The van der Waals surface area contributed by atoms with Crippen LogP contribution in [0.5, 0.6) is 0 Å². The zero-order valence-electron chi connectivity index (χ0n) is 15.0. The van der Waals surface area contributed by atoms with Gasteiger partial charge in [-0.05, 0) is 54.3 Å². The standard InChI is InChI=1S/C24H20N2/c1-3-17-10-12-18(13-11-17)23-15-21-20(8-6-14-25-21)24-16(2)19-7-4-5-9-22(19)26(23)24/h4-15H,3H2,1-2H3. The second-order valence-electron chi connectivity index (χ2n) is 6.84. The van der Waals surface area contributed by atoms with Crippen molar-refractivity contribution in [1.29, 1.82) is 0 Å². The summed E-state index contributed by atoms with van der Waals surface area (Å²) in [6.45, 7) is 4.41. The van der Waals surface area contributed by atoms with Crippen LogP contribution in [0.1, 0.15) is 18.1 Å². The summed E-state index contributed by atoms with van der Waals surface area (Å²) < 4.78 is 2.40. The first-order chi connectivity index (χ1) is 12.8. The summed E-state index contributed by atoms with van der Waals surface area (Å²) in [6.07, 6.45) is 2.93. The number of para-hydroxylation sites is 1. The fourth-order valence-corrected chi connectivity index (χ4v) is 4.02. The molecule has 3 heterocycles. The lowest BCUT2D eigenvalue weighted by molar-refractivity contribution is 1.14. The molecule has 0 unspecified atom stereocenters. The second-order valence-corrected chi connectivity index (χ2v) is 6.84. The lowest BCUT2D eigenvalue weighted by Crippen LogP contribution is -1.95. The highest BCUT2D eigenvalue weighted by Crippen LogP contribution is 2.35. The van der Waals surface area contributed by atoms with Gasteiger partial charge in [-0.25, -0.2) is 0 Å². The molecule has 0 saturated carbocycles. The first kappa shape index (κ1) is 15.2. The molecule has 0 N–H and O–H groups in total. The third kappa shape index (κ3) is 2.08. The monoisotopic (exact) mass is 336 g/mol. The number of pyridine rings is 2. The highest BCUT2D eigenvalue weighted by Gasteiger charge is 2.16. The van der Waals surface area contributed by atoms with Crippen LogP contribution in [0.15, 0.2) is 72.9 Å². The molecule has 3 aromatic heterocycles. The normalized spacial score (nSPS) is 11.6. The summed E-state index contributed by atoms with van der Waals surface area (Å²) in [5.41, 5.74) is 8.63. The number of aryl methyl sites for hydroxylation is 2. The van der Waals surface area contributed by atoms with Gasteiger partial charge in [0, 0.05) is 17.0 Å². The van der Waals surface area contributed by atoms with Crippen LogP contribution in [0.3, 0.4) is 0 Å². The average Bonchev–Trinajstić information content (AvgIpc) is 3.01. The number of fused-ring (bicyclic) bond motifs is 5. The van der Waals surface area contributed by atoms with Crippen molar-refractivity contribution in [2.75, 3.05) is 0 Å². The van der Waals surface area contributed by atoms with E-state index in [1.54, 1.807) is 0 Å². The van der Waals surface area contributed by atoms with Gasteiger partial charge in [0.15, 0.2) is 0 Å². The van der Waals surface area contributed by atoms with Gasteiger partial charge in [-0.15, -0.1) is 0 Å². The van der Waals surface area contributed by atoms with Crippen LogP contribution in [-0.2, 0) is 6.42 Å². The average molecular weight is 336 g/mol.